The molecule has 0 unspecified atom stereocenters. The molecule has 0 amide bonds. The molecule has 158 valence electrons. The Bertz CT molecular complexity index is 1280. The van der Waals surface area contributed by atoms with E-state index in [-0.39, 0.29) is 29.0 Å². The fourth-order valence-electron chi connectivity index (χ4n) is 5.02. The molecule has 0 spiro atoms. The van der Waals surface area contributed by atoms with Crippen molar-refractivity contribution in [1.82, 2.24) is 14.3 Å². The van der Waals surface area contributed by atoms with Gasteiger partial charge in [-0.3, -0.25) is 0 Å². The van der Waals surface area contributed by atoms with Crippen LogP contribution in [0.3, 0.4) is 0 Å². The van der Waals surface area contributed by atoms with Crippen molar-refractivity contribution in [2.75, 3.05) is 20.2 Å². The van der Waals surface area contributed by atoms with Crippen LogP contribution in [0.4, 0.5) is 0 Å². The summed E-state index contributed by atoms with van der Waals surface area (Å²) in [5, 5.41) is 11.5. The third-order valence-corrected chi connectivity index (χ3v) is 8.44. The Hall–Kier alpha value is -2.62. The lowest BCUT2D eigenvalue weighted by Gasteiger charge is -2.31. The van der Waals surface area contributed by atoms with Gasteiger partial charge in [-0.2, -0.15) is 4.31 Å². The van der Waals surface area contributed by atoms with Gasteiger partial charge in [0, 0.05) is 19.0 Å². The van der Waals surface area contributed by atoms with Crippen LogP contribution in [-0.2, 0) is 15.6 Å². The van der Waals surface area contributed by atoms with E-state index < -0.39 is 15.6 Å². The van der Waals surface area contributed by atoms with Gasteiger partial charge in [0.25, 0.3) is 0 Å². The van der Waals surface area contributed by atoms with Crippen LogP contribution >= 0.6 is 0 Å². The van der Waals surface area contributed by atoms with Crippen molar-refractivity contribution < 1.29 is 18.3 Å². The molecule has 0 radical (unpaired) electrons. The number of methoxy groups -OCH3 is 1. The first-order chi connectivity index (χ1) is 14.3. The second-order valence-electron chi connectivity index (χ2n) is 8.17. The van der Waals surface area contributed by atoms with Gasteiger partial charge in [0.05, 0.1) is 28.6 Å². The molecular formula is C21H23N3O5S. The lowest BCUT2D eigenvalue weighted by atomic mass is 9.82. The highest BCUT2D eigenvalue weighted by Crippen LogP contribution is 2.51. The van der Waals surface area contributed by atoms with Gasteiger partial charge in [-0.15, -0.1) is 0 Å². The average Bonchev–Trinajstić information content (AvgIpc) is 3.42. The average molecular weight is 429 g/mol. The van der Waals surface area contributed by atoms with E-state index in [0.717, 1.165) is 12.0 Å². The number of rotatable bonds is 4. The van der Waals surface area contributed by atoms with Crippen molar-refractivity contribution in [1.29, 1.82) is 0 Å². The number of benzene rings is 2. The summed E-state index contributed by atoms with van der Waals surface area (Å²) in [4.78, 5) is 16.8. The molecule has 9 heteroatoms. The molecule has 30 heavy (non-hydrogen) atoms. The van der Waals surface area contributed by atoms with Crippen molar-refractivity contribution in [2.24, 2.45) is 11.8 Å². The van der Waals surface area contributed by atoms with Crippen molar-refractivity contribution in [3.05, 3.63) is 58.5 Å². The minimum absolute atomic E-state index is 0.0896. The zero-order chi connectivity index (χ0) is 21.1. The maximum absolute atomic E-state index is 13.3. The minimum Gasteiger partial charge on any atom is -0.497 e. The first-order valence-electron chi connectivity index (χ1n) is 9.90. The van der Waals surface area contributed by atoms with Gasteiger partial charge >= 0.3 is 5.69 Å². The molecule has 1 saturated heterocycles. The summed E-state index contributed by atoms with van der Waals surface area (Å²) < 4.78 is 33.3. The normalized spacial score (nSPS) is 26.9. The van der Waals surface area contributed by atoms with Gasteiger partial charge in [-0.05, 0) is 54.7 Å². The Morgan fingerprint density at radius 1 is 1.13 bits per heavy atom. The SMILES string of the molecule is COc1cccc([C@]2(O)CC[C@@H]3CN(S(=O)(=O)c4ccc5[nH]c(=O)[nH]c5c4)C[C@@H]32)c1. The van der Waals surface area contributed by atoms with E-state index in [1.165, 1.54) is 16.4 Å². The van der Waals surface area contributed by atoms with Gasteiger partial charge < -0.3 is 19.8 Å². The maximum Gasteiger partial charge on any atom is 0.323 e. The molecular weight excluding hydrogens is 406 g/mol. The zero-order valence-electron chi connectivity index (χ0n) is 16.5. The first-order valence-corrected chi connectivity index (χ1v) is 11.3. The topological polar surface area (TPSA) is 115 Å². The number of hydrogen-bond donors (Lipinski definition) is 3. The first kappa shape index (κ1) is 19.3. The molecule has 2 fully saturated rings. The summed E-state index contributed by atoms with van der Waals surface area (Å²) in [7, 11) is -2.16. The third-order valence-electron chi connectivity index (χ3n) is 6.61. The van der Waals surface area contributed by atoms with Crippen LogP contribution in [-0.4, -0.2) is 48.0 Å². The molecule has 1 saturated carbocycles. The molecule has 1 aromatic heterocycles. The predicted octanol–water partition coefficient (Wildman–Crippen LogP) is 1.78. The molecule has 3 atom stereocenters. The van der Waals surface area contributed by atoms with Crippen molar-refractivity contribution in [2.45, 2.75) is 23.3 Å². The second-order valence-corrected chi connectivity index (χ2v) is 10.1. The number of nitrogens with zero attached hydrogens (tertiary/aromatic N) is 1. The molecule has 8 nitrogen and oxygen atoms in total. The third kappa shape index (κ3) is 2.88. The molecule has 1 aliphatic carbocycles. The molecule has 3 N–H and O–H groups in total. The Morgan fingerprint density at radius 2 is 1.93 bits per heavy atom. The highest BCUT2D eigenvalue weighted by molar-refractivity contribution is 7.89. The summed E-state index contributed by atoms with van der Waals surface area (Å²) >= 11 is 0. The number of nitrogens with one attached hydrogen (secondary N) is 2. The van der Waals surface area contributed by atoms with Crippen LogP contribution < -0.4 is 10.4 Å². The summed E-state index contributed by atoms with van der Waals surface area (Å²) in [6.45, 7) is 0.628. The van der Waals surface area contributed by atoms with Gasteiger partial charge in [0.1, 0.15) is 5.75 Å². The van der Waals surface area contributed by atoms with Gasteiger partial charge in [0.2, 0.25) is 10.0 Å². The van der Waals surface area contributed by atoms with Crippen LogP contribution in [0, 0.1) is 11.8 Å². The van der Waals surface area contributed by atoms with Crippen molar-refractivity contribution >= 4 is 21.1 Å². The fraction of sp³-hybridized carbons (Fsp3) is 0.381. The number of fused-ring (bicyclic) bond motifs is 2. The smallest absolute Gasteiger partial charge is 0.323 e. The van der Waals surface area contributed by atoms with Crippen molar-refractivity contribution in [3.8, 4) is 5.75 Å². The molecule has 0 bridgehead atoms. The van der Waals surface area contributed by atoms with Crippen molar-refractivity contribution in [3.63, 3.8) is 0 Å². The number of ether oxygens (including phenoxy) is 1. The van der Waals surface area contributed by atoms with Gasteiger partial charge in [-0.25, -0.2) is 13.2 Å². The Morgan fingerprint density at radius 3 is 2.73 bits per heavy atom. The van der Waals surface area contributed by atoms with E-state index in [2.05, 4.69) is 9.97 Å². The summed E-state index contributed by atoms with van der Waals surface area (Å²) in [6.07, 6.45) is 1.36. The summed E-state index contributed by atoms with van der Waals surface area (Å²) in [6, 6.07) is 11.9. The molecule has 2 aromatic carbocycles. The second kappa shape index (κ2) is 6.69. The number of aromatic amines is 2. The van der Waals surface area contributed by atoms with E-state index in [9.17, 15) is 18.3 Å². The highest BCUT2D eigenvalue weighted by Gasteiger charge is 2.54. The van der Waals surface area contributed by atoms with Crippen LogP contribution in [0.25, 0.3) is 11.0 Å². The standard InChI is InChI=1S/C21H23N3O5S/c1-29-15-4-2-3-14(9-15)21(26)8-7-13-11-24(12-17(13)21)30(27,28)16-5-6-18-19(10-16)23-20(25)22-18/h2-6,9-10,13,17,26H,7-8,11-12H2,1H3,(H2,22,23,25)/t13-,17+,21-/m1/s1. The van der Waals surface area contributed by atoms with Crippen LogP contribution in [0.15, 0.2) is 52.2 Å². The van der Waals surface area contributed by atoms with E-state index >= 15 is 0 Å². The van der Waals surface area contributed by atoms with Gasteiger partial charge in [-0.1, -0.05) is 12.1 Å². The number of sulfonamides is 1. The molecule has 5 rings (SSSR count). The molecule has 2 heterocycles. The fourth-order valence-corrected chi connectivity index (χ4v) is 6.57. The number of imidazole rings is 1. The van der Waals surface area contributed by atoms with Crippen LogP contribution in [0.2, 0.25) is 0 Å². The monoisotopic (exact) mass is 429 g/mol. The lowest BCUT2D eigenvalue weighted by molar-refractivity contribution is -0.00416. The van der Waals surface area contributed by atoms with E-state index in [0.29, 0.717) is 29.7 Å². The number of hydrogen-bond acceptors (Lipinski definition) is 5. The highest BCUT2D eigenvalue weighted by atomic mass is 32.2. The molecule has 2 aliphatic rings. The number of aliphatic hydroxyl groups is 1. The maximum atomic E-state index is 13.3. The van der Waals surface area contributed by atoms with E-state index in [4.69, 9.17) is 4.74 Å². The summed E-state index contributed by atoms with van der Waals surface area (Å²) in [5.41, 5.74) is 0.316. The van der Waals surface area contributed by atoms with Gasteiger partial charge in [0.15, 0.2) is 0 Å². The van der Waals surface area contributed by atoms with E-state index in [1.807, 2.05) is 24.3 Å². The Kier molecular flexibility index (Phi) is 4.32. The summed E-state index contributed by atoms with van der Waals surface area (Å²) in [5.74, 6) is 0.572. The van der Waals surface area contributed by atoms with Crippen LogP contribution in [0.1, 0.15) is 18.4 Å². The minimum atomic E-state index is -3.75. The quantitative estimate of drug-likeness (QED) is 0.585. The number of H-pyrrole nitrogens is 2. The lowest BCUT2D eigenvalue weighted by Crippen LogP contribution is -2.36. The predicted molar refractivity (Wildman–Crippen MR) is 111 cm³/mol. The van der Waals surface area contributed by atoms with Crippen LogP contribution in [0.5, 0.6) is 5.75 Å². The van der Waals surface area contributed by atoms with E-state index in [1.54, 1.807) is 13.2 Å². The molecule has 3 aromatic rings. The Labute approximate surface area is 173 Å². The Balaban J connectivity index is 1.46. The number of aromatic nitrogens is 2. The largest absolute Gasteiger partial charge is 0.497 e. The molecule has 1 aliphatic heterocycles. The zero-order valence-corrected chi connectivity index (χ0v) is 17.3.